The van der Waals surface area contributed by atoms with Gasteiger partial charge in [-0.05, 0) is 53.7 Å². The van der Waals surface area contributed by atoms with Crippen molar-refractivity contribution in [3.8, 4) is 5.88 Å². The van der Waals surface area contributed by atoms with Crippen molar-refractivity contribution < 1.29 is 46.4 Å². The van der Waals surface area contributed by atoms with Gasteiger partial charge in [0.15, 0.2) is 11.7 Å². The van der Waals surface area contributed by atoms with E-state index in [2.05, 4.69) is 12.1 Å². The van der Waals surface area contributed by atoms with E-state index in [1.807, 2.05) is 13.8 Å². The largest absolute Gasteiger partial charge is 0.458 e. The number of hydrogen-bond acceptors (Lipinski definition) is 11. The van der Waals surface area contributed by atoms with Crippen molar-refractivity contribution in [2.24, 2.45) is 17.3 Å². The van der Waals surface area contributed by atoms with E-state index < -0.39 is 49.1 Å². The summed E-state index contributed by atoms with van der Waals surface area (Å²) in [4.78, 5) is 12.2. The summed E-state index contributed by atoms with van der Waals surface area (Å²) in [5.41, 5.74) is -1.18. The number of aromatic nitrogens is 2. The lowest BCUT2D eigenvalue weighted by Gasteiger charge is -2.53. The van der Waals surface area contributed by atoms with Crippen molar-refractivity contribution in [2.75, 3.05) is 6.61 Å². The first-order valence-electron chi connectivity index (χ1n) is 14.0. The minimum Gasteiger partial charge on any atom is -0.458 e. The fourth-order valence-electron chi connectivity index (χ4n) is 9.18. The first-order valence-corrected chi connectivity index (χ1v) is 15.5. The molecule has 0 radical (unpaired) electrons. The fourth-order valence-corrected chi connectivity index (χ4v) is 10.5. The minimum atomic E-state index is -4.33. The summed E-state index contributed by atoms with van der Waals surface area (Å²) in [6.07, 6.45) is 0.260. The number of esters is 1. The van der Waals surface area contributed by atoms with Gasteiger partial charge in [-0.25, -0.2) is 13.2 Å². The molecule has 3 aliphatic carbocycles. The molecule has 2 spiro atoms. The summed E-state index contributed by atoms with van der Waals surface area (Å²) < 4.78 is 63.8. The van der Waals surface area contributed by atoms with Crippen LogP contribution < -0.4 is 9.64 Å². The maximum atomic E-state index is 13.6. The Hall–Kier alpha value is -3.00. The Morgan fingerprint density at radius 2 is 1.93 bits per heavy atom. The molecule has 4 aliphatic heterocycles. The molecule has 2 aromatic rings. The zero-order chi connectivity index (χ0) is 28.3. The first-order chi connectivity index (χ1) is 19.5. The zero-order valence-corrected chi connectivity index (χ0v) is 23.4. The number of nitrogens with zero attached hydrogens (tertiary/aromatic N) is 2. The summed E-state index contributed by atoms with van der Waals surface area (Å²) in [5.74, 6) is -0.693. The number of benzene rings is 1. The Bertz CT molecular complexity index is 1690. The molecular weight excluding hydrogens is 556 g/mol. The molecule has 3 saturated heterocycles. The molecule has 216 valence electrons. The van der Waals surface area contributed by atoms with Crippen LogP contribution in [-0.2, 0) is 33.6 Å². The molecular formula is C28H28N2O10S. The number of fused-ring (bicyclic) bond motifs is 4. The number of epoxide rings is 3. The van der Waals surface area contributed by atoms with Crippen molar-refractivity contribution >= 4 is 15.8 Å². The van der Waals surface area contributed by atoms with Crippen LogP contribution in [-0.4, -0.2) is 67.4 Å². The molecule has 13 heteroatoms. The van der Waals surface area contributed by atoms with E-state index in [0.717, 1.165) is 11.1 Å². The molecule has 1 aromatic carbocycles. The predicted octanol–water partition coefficient (Wildman–Crippen LogP) is 1.64. The van der Waals surface area contributed by atoms with Gasteiger partial charge in [-0.1, -0.05) is 39.0 Å². The van der Waals surface area contributed by atoms with E-state index >= 15 is 0 Å². The van der Waals surface area contributed by atoms with Gasteiger partial charge in [-0.3, -0.25) is 4.63 Å². The third kappa shape index (κ3) is 2.52. The van der Waals surface area contributed by atoms with Crippen LogP contribution in [0.25, 0.3) is 0 Å². The van der Waals surface area contributed by atoms with E-state index in [4.69, 9.17) is 28.3 Å². The highest BCUT2D eigenvalue weighted by Crippen LogP contribution is 2.83. The van der Waals surface area contributed by atoms with Crippen molar-refractivity contribution in [1.29, 1.82) is 0 Å². The highest BCUT2D eigenvalue weighted by Gasteiger charge is 3.01. The van der Waals surface area contributed by atoms with Gasteiger partial charge in [0.2, 0.25) is 0 Å². The van der Waals surface area contributed by atoms with E-state index in [9.17, 15) is 18.4 Å². The summed E-state index contributed by atoms with van der Waals surface area (Å²) >= 11 is 0. The monoisotopic (exact) mass is 584 g/mol. The maximum Gasteiger partial charge on any atom is 0.415 e. The third-order valence-electron chi connectivity index (χ3n) is 11.1. The second-order valence-corrected chi connectivity index (χ2v) is 14.7. The van der Waals surface area contributed by atoms with Gasteiger partial charge in [0.05, 0.1) is 16.2 Å². The van der Waals surface area contributed by atoms with Gasteiger partial charge in [0, 0.05) is 11.0 Å². The Labute approximate surface area is 235 Å². The standard InChI is InChI=1S/C28H28N2O10S/c1-13(2)26-19(38-26)20-28(39-20)25(3)10-9-15-16(12-35-23(15)31)17(25)11-18-27(28,37-18)24(26)36-21-22(30(32)40-29-21)41(33,34)14-7-5-4-6-8-14/h4-8,13,17-20,24H,9-12H2,1-3H3/t17-,18-,19-,20-,24+,25-,26-,27+,28+/m0/s1. The van der Waals surface area contributed by atoms with Crippen LogP contribution in [0, 0.1) is 22.5 Å². The van der Waals surface area contributed by atoms with Gasteiger partial charge < -0.3 is 28.9 Å². The Morgan fingerprint density at radius 1 is 1.15 bits per heavy atom. The van der Waals surface area contributed by atoms with Crippen LogP contribution in [0.2, 0.25) is 0 Å². The SMILES string of the molecule is CC(C)[C@]12O[C@H]1[C@@H]1O[C@]13[C@]1(O[C@H]1C[C@H]1C4=C(CC[C@@]13C)C(=O)OC4)[C@@H]2Oc1no[n+]([O-])c1S(=O)(=O)c1ccccc1. The molecule has 0 unspecified atom stereocenters. The smallest absolute Gasteiger partial charge is 0.415 e. The van der Waals surface area contributed by atoms with Crippen LogP contribution in [0.1, 0.15) is 40.0 Å². The van der Waals surface area contributed by atoms with Crippen LogP contribution in [0.5, 0.6) is 5.88 Å². The number of sulfone groups is 1. The van der Waals surface area contributed by atoms with Crippen molar-refractivity contribution in [2.45, 2.75) is 91.2 Å². The quantitative estimate of drug-likeness (QED) is 0.285. The molecule has 41 heavy (non-hydrogen) atoms. The van der Waals surface area contributed by atoms with Crippen LogP contribution in [0.15, 0.2) is 56.0 Å². The highest BCUT2D eigenvalue weighted by atomic mass is 32.2. The lowest BCUT2D eigenvalue weighted by molar-refractivity contribution is -0.832. The van der Waals surface area contributed by atoms with E-state index in [1.165, 1.54) is 12.1 Å². The van der Waals surface area contributed by atoms with E-state index in [-0.39, 0.29) is 52.5 Å². The topological polar surface area (TPSA) is 160 Å². The Morgan fingerprint density at radius 3 is 2.68 bits per heavy atom. The van der Waals surface area contributed by atoms with Gasteiger partial charge in [0.1, 0.15) is 30.0 Å². The predicted molar refractivity (Wildman–Crippen MR) is 133 cm³/mol. The molecule has 5 heterocycles. The minimum absolute atomic E-state index is 0.0270. The van der Waals surface area contributed by atoms with Crippen molar-refractivity contribution in [3.63, 3.8) is 0 Å². The van der Waals surface area contributed by atoms with Crippen LogP contribution in [0.4, 0.5) is 0 Å². The average molecular weight is 585 g/mol. The first kappa shape index (κ1) is 24.6. The van der Waals surface area contributed by atoms with Crippen molar-refractivity contribution in [3.05, 3.63) is 46.7 Å². The lowest BCUT2D eigenvalue weighted by Crippen LogP contribution is -2.70. The highest BCUT2D eigenvalue weighted by molar-refractivity contribution is 7.91. The summed E-state index contributed by atoms with van der Waals surface area (Å²) in [6, 6.07) is 7.60. The van der Waals surface area contributed by atoms with E-state index in [1.54, 1.807) is 18.2 Å². The van der Waals surface area contributed by atoms with Crippen molar-refractivity contribution in [1.82, 2.24) is 5.16 Å². The summed E-state index contributed by atoms with van der Waals surface area (Å²) in [7, 11) is -4.33. The van der Waals surface area contributed by atoms with Gasteiger partial charge in [0.25, 0.3) is 9.84 Å². The Balaban J connectivity index is 1.17. The molecule has 1 aromatic heterocycles. The molecule has 2 saturated carbocycles. The van der Waals surface area contributed by atoms with Gasteiger partial charge in [-0.15, -0.1) is 0 Å². The Kier molecular flexibility index (Phi) is 4.28. The molecule has 5 fully saturated rings. The van der Waals surface area contributed by atoms with E-state index in [0.29, 0.717) is 19.3 Å². The summed E-state index contributed by atoms with van der Waals surface area (Å²) in [5, 5.41) is 15.8. The molecule has 0 N–H and O–H groups in total. The second-order valence-electron chi connectivity index (χ2n) is 12.9. The van der Waals surface area contributed by atoms with Crippen LogP contribution in [0.3, 0.4) is 0 Å². The fraction of sp³-hybridized carbons (Fsp3) is 0.607. The van der Waals surface area contributed by atoms with Gasteiger partial charge in [-0.2, -0.15) is 0 Å². The number of rotatable bonds is 5. The number of carbonyl (C=O) groups excluding carboxylic acids is 1. The molecule has 0 bridgehead atoms. The summed E-state index contributed by atoms with van der Waals surface area (Å²) in [6.45, 7) is 6.52. The third-order valence-corrected chi connectivity index (χ3v) is 12.9. The molecule has 12 nitrogen and oxygen atoms in total. The molecule has 9 atom stereocenters. The number of hydrogen-bond donors (Lipinski definition) is 0. The second kappa shape index (κ2) is 7.13. The molecule has 9 rings (SSSR count). The molecule has 0 amide bonds. The number of ether oxygens (including phenoxy) is 5. The van der Waals surface area contributed by atoms with Gasteiger partial charge >= 0.3 is 16.9 Å². The average Bonchev–Trinajstić information content (AvgIpc) is 3.87. The maximum absolute atomic E-state index is 13.6. The number of cyclic esters (lactones) is 1. The zero-order valence-electron chi connectivity index (χ0n) is 22.6. The lowest BCUT2D eigenvalue weighted by atomic mass is 9.46. The normalized spacial score (nSPS) is 44.6. The number of carbonyl (C=O) groups is 1. The van der Waals surface area contributed by atoms with Crippen LogP contribution >= 0.6 is 0 Å². The molecule has 7 aliphatic rings.